The van der Waals surface area contributed by atoms with E-state index in [1.165, 1.54) is 18.9 Å². The molecule has 0 fully saturated rings. The number of hydrogen-bond acceptors (Lipinski definition) is 7. The summed E-state index contributed by atoms with van der Waals surface area (Å²) in [5, 5.41) is 12.6. The molecule has 1 N–H and O–H groups in total. The Labute approximate surface area is 200 Å². The number of nitrogens with one attached hydrogen (secondary N) is 1. The van der Waals surface area contributed by atoms with Crippen LogP contribution in [-0.2, 0) is 22.6 Å². The summed E-state index contributed by atoms with van der Waals surface area (Å²) >= 11 is 1.26. The summed E-state index contributed by atoms with van der Waals surface area (Å²) < 4.78 is 8.19. The van der Waals surface area contributed by atoms with E-state index in [1.54, 1.807) is 34.9 Å². The number of aromatic nitrogens is 4. The van der Waals surface area contributed by atoms with E-state index in [4.69, 9.17) is 0 Å². The Morgan fingerprint density at radius 1 is 1.09 bits per heavy atom. The van der Waals surface area contributed by atoms with Gasteiger partial charge in [-0.2, -0.15) is 0 Å². The van der Waals surface area contributed by atoms with Crippen LogP contribution in [0.2, 0.25) is 0 Å². The van der Waals surface area contributed by atoms with Crippen LogP contribution >= 0.6 is 11.8 Å². The number of nitrogens with zero attached hydrogens (tertiary/aromatic N) is 4. The lowest BCUT2D eigenvalue weighted by atomic mass is 10.1. The van der Waals surface area contributed by atoms with Gasteiger partial charge in [0.2, 0.25) is 11.7 Å². The van der Waals surface area contributed by atoms with Crippen LogP contribution in [0, 0.1) is 0 Å². The van der Waals surface area contributed by atoms with E-state index < -0.39 is 5.97 Å². The van der Waals surface area contributed by atoms with Crippen LogP contribution in [0.1, 0.15) is 35.7 Å². The number of unbranched alkanes of at least 4 members (excludes halogenated alkanes) is 1. The molecule has 0 aliphatic carbocycles. The van der Waals surface area contributed by atoms with E-state index in [0.717, 1.165) is 18.4 Å². The van der Waals surface area contributed by atoms with Crippen molar-refractivity contribution in [2.45, 2.75) is 38.0 Å². The van der Waals surface area contributed by atoms with Gasteiger partial charge in [0.15, 0.2) is 5.16 Å². The molecule has 0 unspecified atom stereocenters. The van der Waals surface area contributed by atoms with Crippen LogP contribution in [-0.4, -0.2) is 43.9 Å². The highest BCUT2D eigenvalue weighted by atomic mass is 32.2. The number of thioether (sulfide) groups is 1. The molecule has 0 aliphatic rings. The monoisotopic (exact) mass is 479 g/mol. The quantitative estimate of drug-likeness (QED) is 0.290. The van der Waals surface area contributed by atoms with E-state index >= 15 is 0 Å². The normalized spacial score (nSPS) is 11.1. The second kappa shape index (κ2) is 10.5. The molecule has 0 spiro atoms. The molecular weight excluding hydrogens is 454 g/mol. The first-order valence-electron chi connectivity index (χ1n) is 11.0. The molecule has 0 saturated carbocycles. The van der Waals surface area contributed by atoms with Gasteiger partial charge in [0.1, 0.15) is 0 Å². The van der Waals surface area contributed by atoms with E-state index in [9.17, 15) is 14.4 Å². The molecule has 4 aromatic rings. The van der Waals surface area contributed by atoms with Gasteiger partial charge >= 0.3 is 5.97 Å². The number of amides is 1. The van der Waals surface area contributed by atoms with E-state index in [1.807, 2.05) is 22.6 Å². The fraction of sp³-hybridized carbons (Fsp3) is 0.292. The first-order chi connectivity index (χ1) is 16.5. The number of aryl methyl sites for hydroxylation is 1. The Bertz CT molecular complexity index is 1390. The molecule has 10 heteroatoms. The molecule has 2 aromatic heterocycles. The number of rotatable bonds is 9. The molecule has 0 bridgehead atoms. The predicted octanol–water partition coefficient (Wildman–Crippen LogP) is 3.04. The van der Waals surface area contributed by atoms with Gasteiger partial charge in [0.05, 0.1) is 29.3 Å². The summed E-state index contributed by atoms with van der Waals surface area (Å²) in [5.74, 6) is 0.0528. The summed E-state index contributed by atoms with van der Waals surface area (Å²) in [6, 6.07) is 14.2. The maximum Gasteiger partial charge on any atom is 0.337 e. The van der Waals surface area contributed by atoms with Crippen LogP contribution < -0.4 is 10.9 Å². The van der Waals surface area contributed by atoms with Crippen molar-refractivity contribution >= 4 is 40.3 Å². The number of ether oxygens (including phenoxy) is 1. The smallest absolute Gasteiger partial charge is 0.337 e. The number of benzene rings is 2. The molecule has 1 amide bonds. The van der Waals surface area contributed by atoms with Gasteiger partial charge in [-0.05, 0) is 36.2 Å². The molecule has 2 aromatic carbocycles. The standard InChI is InChI=1S/C24H25N5O4S/c1-3-4-13-28-21(31)18-7-5-6-8-19(18)29-23(28)26-27-24(29)34-15-20(30)25-14-16-9-11-17(12-10-16)22(32)33-2/h5-12H,3-4,13-15H2,1-2H3,(H,25,30). The Morgan fingerprint density at radius 2 is 1.85 bits per heavy atom. The number of carbonyl (C=O) groups excluding carboxylic acids is 2. The minimum Gasteiger partial charge on any atom is -0.465 e. The van der Waals surface area contributed by atoms with Crippen LogP contribution in [0.3, 0.4) is 0 Å². The molecular formula is C24H25N5O4S. The van der Waals surface area contributed by atoms with Crippen molar-refractivity contribution in [3.63, 3.8) is 0 Å². The lowest BCUT2D eigenvalue weighted by Crippen LogP contribution is -2.25. The number of methoxy groups -OCH3 is 1. The number of para-hydroxylation sites is 1. The van der Waals surface area contributed by atoms with Gasteiger partial charge < -0.3 is 10.1 Å². The first kappa shape index (κ1) is 23.5. The predicted molar refractivity (Wildman–Crippen MR) is 130 cm³/mol. The highest BCUT2D eigenvalue weighted by Gasteiger charge is 2.17. The molecule has 4 rings (SSSR count). The van der Waals surface area contributed by atoms with E-state index in [2.05, 4.69) is 27.2 Å². The van der Waals surface area contributed by atoms with Gasteiger partial charge in [0, 0.05) is 13.1 Å². The lowest BCUT2D eigenvalue weighted by Gasteiger charge is -2.11. The fourth-order valence-electron chi connectivity index (χ4n) is 3.60. The highest BCUT2D eigenvalue weighted by molar-refractivity contribution is 7.99. The summed E-state index contributed by atoms with van der Waals surface area (Å²) in [4.78, 5) is 37.0. The third kappa shape index (κ3) is 4.81. The van der Waals surface area contributed by atoms with Gasteiger partial charge in [-0.25, -0.2) is 4.79 Å². The topological polar surface area (TPSA) is 108 Å². The molecule has 0 atom stereocenters. The first-order valence-corrected chi connectivity index (χ1v) is 12.0. The molecule has 2 heterocycles. The van der Waals surface area contributed by atoms with E-state index in [-0.39, 0.29) is 17.2 Å². The largest absolute Gasteiger partial charge is 0.465 e. The van der Waals surface area contributed by atoms with Crippen molar-refractivity contribution in [2.24, 2.45) is 0 Å². The number of hydrogen-bond donors (Lipinski definition) is 1. The molecule has 9 nitrogen and oxygen atoms in total. The van der Waals surface area contributed by atoms with Crippen LogP contribution in [0.25, 0.3) is 16.7 Å². The zero-order valence-electron chi connectivity index (χ0n) is 19.0. The summed E-state index contributed by atoms with van der Waals surface area (Å²) in [6.07, 6.45) is 1.80. The molecule has 34 heavy (non-hydrogen) atoms. The molecule has 0 aliphatic heterocycles. The highest BCUT2D eigenvalue weighted by Crippen LogP contribution is 2.21. The van der Waals surface area contributed by atoms with Gasteiger partial charge in [-0.15, -0.1) is 10.2 Å². The Hall–Kier alpha value is -3.66. The zero-order valence-corrected chi connectivity index (χ0v) is 19.8. The Morgan fingerprint density at radius 3 is 2.59 bits per heavy atom. The third-order valence-corrected chi connectivity index (χ3v) is 6.34. The van der Waals surface area contributed by atoms with Crippen LogP contribution in [0.5, 0.6) is 0 Å². The summed E-state index contributed by atoms with van der Waals surface area (Å²) in [6.45, 7) is 2.96. The van der Waals surface area contributed by atoms with Crippen molar-refractivity contribution in [1.82, 2.24) is 24.5 Å². The van der Waals surface area contributed by atoms with Crippen LogP contribution in [0.4, 0.5) is 0 Å². The minimum atomic E-state index is -0.403. The average molecular weight is 480 g/mol. The van der Waals surface area contributed by atoms with E-state index in [0.29, 0.717) is 40.5 Å². The second-order valence-corrected chi connectivity index (χ2v) is 8.64. The SMILES string of the molecule is CCCCn1c(=O)c2ccccc2n2c(SCC(=O)NCc3ccc(C(=O)OC)cc3)nnc12. The third-order valence-electron chi connectivity index (χ3n) is 5.41. The second-order valence-electron chi connectivity index (χ2n) is 7.70. The van der Waals surface area contributed by atoms with Crippen molar-refractivity contribution in [1.29, 1.82) is 0 Å². The molecule has 176 valence electrons. The number of esters is 1. The summed E-state index contributed by atoms with van der Waals surface area (Å²) in [7, 11) is 1.33. The maximum atomic E-state index is 13.0. The minimum absolute atomic E-state index is 0.0866. The van der Waals surface area contributed by atoms with Crippen molar-refractivity contribution in [3.05, 3.63) is 70.0 Å². The van der Waals surface area contributed by atoms with Gasteiger partial charge in [-0.3, -0.25) is 18.6 Å². The van der Waals surface area contributed by atoms with Gasteiger partial charge in [-0.1, -0.05) is 49.4 Å². The fourth-order valence-corrected chi connectivity index (χ4v) is 4.37. The zero-order chi connectivity index (χ0) is 24.1. The van der Waals surface area contributed by atoms with Crippen molar-refractivity contribution < 1.29 is 14.3 Å². The number of fused-ring (bicyclic) bond motifs is 3. The Kier molecular flexibility index (Phi) is 7.27. The van der Waals surface area contributed by atoms with Crippen LogP contribution in [0.15, 0.2) is 58.5 Å². The maximum absolute atomic E-state index is 13.0. The lowest BCUT2D eigenvalue weighted by molar-refractivity contribution is -0.118. The van der Waals surface area contributed by atoms with Gasteiger partial charge in [0.25, 0.3) is 5.56 Å². The average Bonchev–Trinajstić information content (AvgIpc) is 3.30. The van der Waals surface area contributed by atoms with Crippen molar-refractivity contribution in [2.75, 3.05) is 12.9 Å². The number of carbonyl (C=O) groups is 2. The Balaban J connectivity index is 1.49. The van der Waals surface area contributed by atoms with Crippen molar-refractivity contribution in [3.8, 4) is 0 Å². The molecule has 0 saturated heterocycles. The molecule has 0 radical (unpaired) electrons. The summed E-state index contributed by atoms with van der Waals surface area (Å²) in [5.41, 5.74) is 1.95.